The Morgan fingerprint density at radius 3 is 2.68 bits per heavy atom. The van der Waals surface area contributed by atoms with Crippen LogP contribution in [0.4, 0.5) is 9.52 Å². The normalized spacial score (nSPS) is 15.0. The second kappa shape index (κ2) is 10.5. The Morgan fingerprint density at radius 1 is 1.21 bits per heavy atom. The Kier molecular flexibility index (Phi) is 7.77. The molecular weight excluding hydrogens is 375 g/mol. The number of rotatable bonds is 9. The Balaban J connectivity index is 1.43. The van der Waals surface area contributed by atoms with Gasteiger partial charge in [-0.2, -0.15) is 4.37 Å². The van der Waals surface area contributed by atoms with Crippen LogP contribution in [0.25, 0.3) is 0 Å². The van der Waals surface area contributed by atoms with Crippen LogP contribution in [-0.2, 0) is 11.2 Å². The molecule has 1 aliphatic heterocycles. The Labute approximate surface area is 170 Å². The van der Waals surface area contributed by atoms with Crippen molar-refractivity contribution in [2.75, 3.05) is 24.5 Å². The highest BCUT2D eigenvalue weighted by atomic mass is 32.1. The van der Waals surface area contributed by atoms with Gasteiger partial charge in [0, 0.05) is 43.5 Å². The number of nitrogens with one attached hydrogen (secondary N) is 1. The fraction of sp³-hybridized carbons (Fsp3) is 0.571. The largest absolute Gasteiger partial charge is 0.356 e. The number of anilines is 1. The molecule has 5 nitrogen and oxygen atoms in total. The number of unbranched alkanes of at least 4 members (excludes halogenated alkanes) is 3. The van der Waals surface area contributed by atoms with E-state index in [-0.39, 0.29) is 17.6 Å². The molecule has 1 aromatic carbocycles. The molecular formula is C21H29FN4OS. The number of benzene rings is 1. The lowest BCUT2D eigenvalue weighted by Gasteiger charge is -2.30. The van der Waals surface area contributed by atoms with Crippen molar-refractivity contribution in [2.45, 2.75) is 51.9 Å². The Bertz CT molecular complexity index is 741. The first-order valence-electron chi connectivity index (χ1n) is 10.3. The summed E-state index contributed by atoms with van der Waals surface area (Å²) in [5.74, 6) is 0.835. The highest BCUT2D eigenvalue weighted by Crippen LogP contribution is 2.25. The Morgan fingerprint density at radius 2 is 1.96 bits per heavy atom. The van der Waals surface area contributed by atoms with Crippen molar-refractivity contribution >= 4 is 22.6 Å². The summed E-state index contributed by atoms with van der Waals surface area (Å²) in [5.41, 5.74) is 1.00. The van der Waals surface area contributed by atoms with Crippen molar-refractivity contribution in [1.29, 1.82) is 0 Å². The maximum absolute atomic E-state index is 13.0. The SMILES string of the molecule is CCCCCCNC(=O)C1CCN(c2nc(Cc3ccc(F)cc3)ns2)CC1. The van der Waals surface area contributed by atoms with Crippen molar-refractivity contribution in [2.24, 2.45) is 5.92 Å². The summed E-state index contributed by atoms with van der Waals surface area (Å²) >= 11 is 1.40. The zero-order chi connectivity index (χ0) is 19.8. The van der Waals surface area contributed by atoms with Crippen LogP contribution in [0, 0.1) is 11.7 Å². The minimum Gasteiger partial charge on any atom is -0.356 e. The minimum atomic E-state index is -0.233. The number of hydrogen-bond donors (Lipinski definition) is 1. The average molecular weight is 405 g/mol. The first-order chi connectivity index (χ1) is 13.7. The van der Waals surface area contributed by atoms with E-state index in [9.17, 15) is 9.18 Å². The molecule has 0 radical (unpaired) electrons. The lowest BCUT2D eigenvalue weighted by atomic mass is 9.96. The van der Waals surface area contributed by atoms with Crippen molar-refractivity contribution in [1.82, 2.24) is 14.7 Å². The molecule has 152 valence electrons. The van der Waals surface area contributed by atoms with E-state index in [1.807, 2.05) is 0 Å². The summed E-state index contributed by atoms with van der Waals surface area (Å²) in [6, 6.07) is 6.45. The number of hydrogen-bond acceptors (Lipinski definition) is 5. The topological polar surface area (TPSA) is 58.1 Å². The van der Waals surface area contributed by atoms with Crippen LogP contribution in [-0.4, -0.2) is 34.9 Å². The zero-order valence-electron chi connectivity index (χ0n) is 16.5. The van der Waals surface area contributed by atoms with Gasteiger partial charge in [0.25, 0.3) is 0 Å². The van der Waals surface area contributed by atoms with Crippen LogP contribution >= 0.6 is 11.5 Å². The molecule has 1 aliphatic rings. The molecule has 1 amide bonds. The molecule has 0 unspecified atom stereocenters. The van der Waals surface area contributed by atoms with Gasteiger partial charge < -0.3 is 10.2 Å². The molecule has 1 fully saturated rings. The van der Waals surface area contributed by atoms with Gasteiger partial charge >= 0.3 is 0 Å². The molecule has 0 atom stereocenters. The third-order valence-corrected chi connectivity index (χ3v) is 6.01. The lowest BCUT2D eigenvalue weighted by molar-refractivity contribution is -0.125. The molecule has 2 aromatic rings. The van der Waals surface area contributed by atoms with Crippen LogP contribution in [0.3, 0.4) is 0 Å². The quantitative estimate of drug-likeness (QED) is 0.637. The monoisotopic (exact) mass is 404 g/mol. The van der Waals surface area contributed by atoms with Crippen LogP contribution in [0.5, 0.6) is 0 Å². The first-order valence-corrected chi connectivity index (χ1v) is 11.0. The molecule has 1 aromatic heterocycles. The van der Waals surface area contributed by atoms with Gasteiger partial charge in [0.05, 0.1) is 0 Å². The molecule has 0 saturated carbocycles. The number of halogens is 1. The maximum atomic E-state index is 13.0. The summed E-state index contributed by atoms with van der Waals surface area (Å²) in [7, 11) is 0. The first kappa shape index (κ1) is 20.7. The standard InChI is InChI=1S/C21H29FN4OS/c1-2-3-4-5-12-23-20(27)17-10-13-26(14-11-17)21-24-19(25-28-21)15-16-6-8-18(22)9-7-16/h6-9,17H,2-5,10-15H2,1H3,(H,23,27). The predicted octanol–water partition coefficient (Wildman–Crippen LogP) is 4.18. The lowest BCUT2D eigenvalue weighted by Crippen LogP contribution is -2.40. The second-order valence-electron chi connectivity index (χ2n) is 7.41. The molecule has 2 heterocycles. The van der Waals surface area contributed by atoms with Gasteiger partial charge in [-0.25, -0.2) is 9.37 Å². The third kappa shape index (κ3) is 5.99. The summed E-state index contributed by atoms with van der Waals surface area (Å²) in [6.45, 7) is 4.65. The fourth-order valence-electron chi connectivity index (χ4n) is 3.47. The van der Waals surface area contributed by atoms with E-state index in [1.54, 1.807) is 12.1 Å². The van der Waals surface area contributed by atoms with E-state index in [0.717, 1.165) is 55.4 Å². The van der Waals surface area contributed by atoms with Crippen LogP contribution in [0.15, 0.2) is 24.3 Å². The van der Waals surface area contributed by atoms with Gasteiger partial charge in [-0.1, -0.05) is 38.3 Å². The van der Waals surface area contributed by atoms with E-state index in [4.69, 9.17) is 0 Å². The average Bonchev–Trinajstić information content (AvgIpc) is 3.18. The highest BCUT2D eigenvalue weighted by molar-refractivity contribution is 7.09. The van der Waals surface area contributed by atoms with E-state index in [1.165, 1.54) is 42.9 Å². The molecule has 1 saturated heterocycles. The number of carbonyl (C=O) groups excluding carboxylic acids is 1. The van der Waals surface area contributed by atoms with E-state index < -0.39 is 0 Å². The van der Waals surface area contributed by atoms with Crippen molar-refractivity contribution in [3.63, 3.8) is 0 Å². The molecule has 0 aliphatic carbocycles. The van der Waals surface area contributed by atoms with Gasteiger partial charge in [0.15, 0.2) is 0 Å². The van der Waals surface area contributed by atoms with Crippen molar-refractivity contribution < 1.29 is 9.18 Å². The molecule has 0 spiro atoms. The van der Waals surface area contributed by atoms with Crippen LogP contribution < -0.4 is 10.2 Å². The van der Waals surface area contributed by atoms with Crippen molar-refractivity contribution in [3.05, 3.63) is 41.5 Å². The van der Waals surface area contributed by atoms with E-state index >= 15 is 0 Å². The number of aromatic nitrogens is 2. The Hall–Kier alpha value is -2.02. The summed E-state index contributed by atoms with van der Waals surface area (Å²) in [5, 5.41) is 4.00. The van der Waals surface area contributed by atoms with Gasteiger partial charge in [0.2, 0.25) is 11.0 Å². The molecule has 0 bridgehead atoms. The number of carbonyl (C=O) groups is 1. The van der Waals surface area contributed by atoms with Gasteiger partial charge in [-0.15, -0.1) is 0 Å². The number of piperidine rings is 1. The maximum Gasteiger partial charge on any atom is 0.223 e. The summed E-state index contributed by atoms with van der Waals surface area (Å²) in [6.07, 6.45) is 7.02. The fourth-order valence-corrected chi connectivity index (χ4v) is 4.21. The number of nitrogens with zero attached hydrogens (tertiary/aromatic N) is 3. The smallest absolute Gasteiger partial charge is 0.223 e. The summed E-state index contributed by atoms with van der Waals surface area (Å²) < 4.78 is 17.5. The second-order valence-corrected chi connectivity index (χ2v) is 8.14. The van der Waals surface area contributed by atoms with Crippen LogP contribution in [0.2, 0.25) is 0 Å². The van der Waals surface area contributed by atoms with E-state index in [2.05, 4.69) is 26.5 Å². The third-order valence-electron chi connectivity index (χ3n) is 5.20. The highest BCUT2D eigenvalue weighted by Gasteiger charge is 2.26. The minimum absolute atomic E-state index is 0.106. The summed E-state index contributed by atoms with van der Waals surface area (Å²) in [4.78, 5) is 19.2. The van der Waals surface area contributed by atoms with Gasteiger partial charge in [0.1, 0.15) is 11.6 Å². The molecule has 3 rings (SSSR count). The molecule has 7 heteroatoms. The van der Waals surface area contributed by atoms with Gasteiger partial charge in [-0.3, -0.25) is 4.79 Å². The molecule has 1 N–H and O–H groups in total. The van der Waals surface area contributed by atoms with Gasteiger partial charge in [-0.05, 0) is 37.0 Å². The molecule has 28 heavy (non-hydrogen) atoms. The number of amides is 1. The van der Waals surface area contributed by atoms with Crippen LogP contribution in [0.1, 0.15) is 56.8 Å². The zero-order valence-corrected chi connectivity index (χ0v) is 17.3. The van der Waals surface area contributed by atoms with E-state index in [0.29, 0.717) is 6.42 Å². The predicted molar refractivity (Wildman–Crippen MR) is 111 cm³/mol. The van der Waals surface area contributed by atoms with Crippen molar-refractivity contribution in [3.8, 4) is 0 Å².